The van der Waals surface area contributed by atoms with Crippen molar-refractivity contribution in [1.82, 2.24) is 9.21 Å². The van der Waals surface area contributed by atoms with Crippen LogP contribution in [0.4, 0.5) is 0 Å². The predicted molar refractivity (Wildman–Crippen MR) is 92.8 cm³/mol. The average molecular weight is 351 g/mol. The molecule has 22 heavy (non-hydrogen) atoms. The standard InChI is InChI=1S/C15H30N2O3S2/c1-3-21-10-9-16(22(2,19)20)11-15(18)12-17-13-5-4-6-14(17)8-7-13/h13-15,18H,3-12H2,1-2H3/t13-,14+,15?. The minimum Gasteiger partial charge on any atom is -0.390 e. The molecule has 130 valence electrons. The second kappa shape index (κ2) is 8.33. The summed E-state index contributed by atoms with van der Waals surface area (Å²) in [6.45, 7) is 3.39. The molecule has 1 unspecified atom stereocenters. The molecule has 0 saturated carbocycles. The van der Waals surface area contributed by atoms with Gasteiger partial charge in [-0.25, -0.2) is 8.42 Å². The molecule has 0 aromatic heterocycles. The summed E-state index contributed by atoms with van der Waals surface area (Å²) in [6.07, 6.45) is 6.87. The van der Waals surface area contributed by atoms with Crippen LogP contribution in [-0.4, -0.2) is 78.3 Å². The van der Waals surface area contributed by atoms with Crippen molar-refractivity contribution in [1.29, 1.82) is 0 Å². The minimum absolute atomic E-state index is 0.221. The molecular formula is C15H30N2O3S2. The molecule has 3 atom stereocenters. The molecule has 0 aromatic rings. The smallest absolute Gasteiger partial charge is 0.211 e. The molecule has 2 saturated heterocycles. The van der Waals surface area contributed by atoms with E-state index >= 15 is 0 Å². The fourth-order valence-corrected chi connectivity index (χ4v) is 5.38. The van der Waals surface area contributed by atoms with Gasteiger partial charge in [0.1, 0.15) is 0 Å². The van der Waals surface area contributed by atoms with Gasteiger partial charge in [0, 0.05) is 37.5 Å². The van der Waals surface area contributed by atoms with Gasteiger partial charge in [0.05, 0.1) is 12.4 Å². The van der Waals surface area contributed by atoms with E-state index < -0.39 is 16.1 Å². The maximum absolute atomic E-state index is 11.9. The van der Waals surface area contributed by atoms with Crippen LogP contribution in [-0.2, 0) is 10.0 Å². The molecule has 1 N–H and O–H groups in total. The SMILES string of the molecule is CCSCCN(CC(O)CN1[C@@H]2CCC[C@H]1CC2)S(C)(=O)=O. The van der Waals surface area contributed by atoms with Crippen molar-refractivity contribution in [2.75, 3.05) is 37.4 Å². The number of aliphatic hydroxyl groups excluding tert-OH is 1. The molecular weight excluding hydrogens is 320 g/mol. The number of aliphatic hydroxyl groups is 1. The molecule has 0 radical (unpaired) electrons. The Balaban J connectivity index is 1.86. The van der Waals surface area contributed by atoms with Gasteiger partial charge in [-0.05, 0) is 31.4 Å². The Labute approximate surface area is 139 Å². The molecule has 2 aliphatic heterocycles. The van der Waals surface area contributed by atoms with Crippen molar-refractivity contribution in [3.63, 3.8) is 0 Å². The van der Waals surface area contributed by atoms with Gasteiger partial charge in [-0.15, -0.1) is 0 Å². The topological polar surface area (TPSA) is 60.9 Å². The van der Waals surface area contributed by atoms with Crippen molar-refractivity contribution in [3.8, 4) is 0 Å². The highest BCUT2D eigenvalue weighted by Crippen LogP contribution is 2.35. The number of hydrogen-bond acceptors (Lipinski definition) is 5. The van der Waals surface area contributed by atoms with E-state index in [2.05, 4.69) is 11.8 Å². The zero-order valence-electron chi connectivity index (χ0n) is 13.8. The van der Waals surface area contributed by atoms with Gasteiger partial charge in [-0.1, -0.05) is 13.3 Å². The lowest BCUT2D eigenvalue weighted by molar-refractivity contribution is 0.0534. The third kappa shape index (κ3) is 5.09. The summed E-state index contributed by atoms with van der Waals surface area (Å²) < 4.78 is 25.2. The van der Waals surface area contributed by atoms with Crippen molar-refractivity contribution >= 4 is 21.8 Å². The molecule has 0 spiro atoms. The van der Waals surface area contributed by atoms with E-state index in [1.54, 1.807) is 11.8 Å². The Morgan fingerprint density at radius 3 is 2.45 bits per heavy atom. The third-order valence-electron chi connectivity index (χ3n) is 4.84. The summed E-state index contributed by atoms with van der Waals surface area (Å²) >= 11 is 1.73. The van der Waals surface area contributed by atoms with E-state index in [9.17, 15) is 13.5 Å². The van der Waals surface area contributed by atoms with E-state index in [0.717, 1.165) is 11.5 Å². The Hall–Kier alpha value is 0.180. The van der Waals surface area contributed by atoms with E-state index in [1.165, 1.54) is 42.7 Å². The molecule has 2 heterocycles. The summed E-state index contributed by atoms with van der Waals surface area (Å²) in [5.74, 6) is 1.77. The molecule has 2 fully saturated rings. The quantitative estimate of drug-likeness (QED) is 0.637. The molecule has 2 bridgehead atoms. The number of rotatable bonds is 9. The maximum atomic E-state index is 11.9. The van der Waals surface area contributed by atoms with Crippen molar-refractivity contribution in [3.05, 3.63) is 0 Å². The maximum Gasteiger partial charge on any atom is 0.211 e. The van der Waals surface area contributed by atoms with Crippen LogP contribution >= 0.6 is 11.8 Å². The van der Waals surface area contributed by atoms with Gasteiger partial charge in [0.2, 0.25) is 10.0 Å². The van der Waals surface area contributed by atoms with Crippen LogP contribution in [0, 0.1) is 0 Å². The van der Waals surface area contributed by atoms with Crippen LogP contribution in [0.2, 0.25) is 0 Å². The summed E-state index contributed by atoms with van der Waals surface area (Å²) in [5.41, 5.74) is 0. The monoisotopic (exact) mass is 350 g/mol. The largest absolute Gasteiger partial charge is 0.390 e. The number of sulfonamides is 1. The normalized spacial score (nSPS) is 27.5. The number of nitrogens with zero attached hydrogens (tertiary/aromatic N) is 2. The van der Waals surface area contributed by atoms with Crippen molar-refractivity contribution in [2.24, 2.45) is 0 Å². The number of hydrogen-bond donors (Lipinski definition) is 1. The second-order valence-corrected chi connectivity index (χ2v) is 9.86. The first-order chi connectivity index (χ1) is 10.4. The third-order valence-corrected chi connectivity index (χ3v) is 6.99. The number of fused-ring (bicyclic) bond motifs is 2. The van der Waals surface area contributed by atoms with Crippen LogP contribution in [0.3, 0.4) is 0 Å². The lowest BCUT2D eigenvalue weighted by Crippen LogP contribution is -2.48. The van der Waals surface area contributed by atoms with Gasteiger partial charge < -0.3 is 5.11 Å². The Bertz CT molecular complexity index is 428. The van der Waals surface area contributed by atoms with Gasteiger partial charge in [-0.3, -0.25) is 4.90 Å². The van der Waals surface area contributed by atoms with Crippen LogP contribution in [0.25, 0.3) is 0 Å². The summed E-state index contributed by atoms with van der Waals surface area (Å²) in [4.78, 5) is 2.43. The molecule has 0 aromatic carbocycles. The van der Waals surface area contributed by atoms with E-state index in [0.29, 0.717) is 25.2 Å². The number of thioether (sulfide) groups is 1. The zero-order valence-corrected chi connectivity index (χ0v) is 15.4. The molecule has 5 nitrogen and oxygen atoms in total. The van der Waals surface area contributed by atoms with Gasteiger partial charge in [-0.2, -0.15) is 16.1 Å². The van der Waals surface area contributed by atoms with Gasteiger partial charge in [0.15, 0.2) is 0 Å². The average Bonchev–Trinajstić information content (AvgIpc) is 2.67. The lowest BCUT2D eigenvalue weighted by atomic mass is 10.0. The molecule has 2 aliphatic rings. The van der Waals surface area contributed by atoms with Crippen LogP contribution < -0.4 is 0 Å². The van der Waals surface area contributed by atoms with E-state index in [4.69, 9.17) is 0 Å². The number of piperidine rings is 1. The molecule has 0 amide bonds. The zero-order chi connectivity index (χ0) is 16.2. The highest BCUT2D eigenvalue weighted by atomic mass is 32.2. The molecule has 7 heteroatoms. The van der Waals surface area contributed by atoms with Crippen LogP contribution in [0.1, 0.15) is 39.0 Å². The van der Waals surface area contributed by atoms with Crippen molar-refractivity contribution < 1.29 is 13.5 Å². The predicted octanol–water partition coefficient (Wildman–Crippen LogP) is 1.38. The summed E-state index contributed by atoms with van der Waals surface area (Å²) in [5, 5.41) is 10.4. The van der Waals surface area contributed by atoms with Gasteiger partial charge in [0.25, 0.3) is 0 Å². The first kappa shape index (κ1) is 18.5. The first-order valence-electron chi connectivity index (χ1n) is 8.38. The second-order valence-electron chi connectivity index (χ2n) is 6.48. The van der Waals surface area contributed by atoms with E-state index in [-0.39, 0.29) is 6.54 Å². The Kier molecular flexibility index (Phi) is 7.01. The Morgan fingerprint density at radius 2 is 1.91 bits per heavy atom. The van der Waals surface area contributed by atoms with Crippen molar-refractivity contribution in [2.45, 2.75) is 57.2 Å². The van der Waals surface area contributed by atoms with E-state index in [1.807, 2.05) is 0 Å². The minimum atomic E-state index is -3.25. The van der Waals surface area contributed by atoms with Gasteiger partial charge >= 0.3 is 0 Å². The fraction of sp³-hybridized carbons (Fsp3) is 1.00. The summed E-state index contributed by atoms with van der Waals surface area (Å²) in [7, 11) is -3.25. The lowest BCUT2D eigenvalue weighted by Gasteiger charge is -2.36. The highest BCUT2D eigenvalue weighted by molar-refractivity contribution is 7.99. The molecule has 0 aliphatic carbocycles. The fourth-order valence-electron chi connectivity index (χ4n) is 3.76. The summed E-state index contributed by atoms with van der Waals surface area (Å²) in [6, 6.07) is 1.21. The molecule has 2 rings (SSSR count). The Morgan fingerprint density at radius 1 is 1.27 bits per heavy atom. The van der Waals surface area contributed by atoms with Crippen LogP contribution in [0.5, 0.6) is 0 Å². The van der Waals surface area contributed by atoms with Crippen LogP contribution in [0.15, 0.2) is 0 Å². The highest BCUT2D eigenvalue weighted by Gasteiger charge is 2.37. The first-order valence-corrected chi connectivity index (χ1v) is 11.4.